The summed E-state index contributed by atoms with van der Waals surface area (Å²) in [5.74, 6) is -1.89. The van der Waals surface area contributed by atoms with Crippen molar-refractivity contribution in [3.63, 3.8) is 0 Å². The highest BCUT2D eigenvalue weighted by Gasteiger charge is 2.20. The molecule has 0 aromatic carbocycles. The molecule has 1 amide bonds. The maximum absolute atomic E-state index is 11.9. The number of carbonyl (C=O) groups is 2. The minimum absolute atomic E-state index is 0.0227. The summed E-state index contributed by atoms with van der Waals surface area (Å²) in [6.45, 7) is -0.0227. The summed E-state index contributed by atoms with van der Waals surface area (Å²) in [6, 6.07) is 5.26. The lowest BCUT2D eigenvalue weighted by molar-refractivity contribution is -0.391. The van der Waals surface area contributed by atoms with Gasteiger partial charge in [0.15, 0.2) is 5.69 Å². The van der Waals surface area contributed by atoms with Gasteiger partial charge in [-0.15, -0.1) is 0 Å². The van der Waals surface area contributed by atoms with Crippen LogP contribution in [0.2, 0.25) is 0 Å². The van der Waals surface area contributed by atoms with Crippen molar-refractivity contribution in [3.8, 4) is 0 Å². The van der Waals surface area contributed by atoms with Gasteiger partial charge in [0.2, 0.25) is 5.76 Å². The van der Waals surface area contributed by atoms with Crippen LogP contribution in [0.3, 0.4) is 0 Å². The summed E-state index contributed by atoms with van der Waals surface area (Å²) in [4.78, 5) is 32.6. The van der Waals surface area contributed by atoms with Gasteiger partial charge < -0.3 is 25.0 Å². The van der Waals surface area contributed by atoms with Crippen LogP contribution in [0.5, 0.6) is 0 Å². The number of carboxylic acid groups (broad SMARTS) is 1. The average Bonchev–Trinajstić information content (AvgIpc) is 3.02. The first-order valence-electron chi connectivity index (χ1n) is 5.80. The Morgan fingerprint density at radius 2 is 2.10 bits per heavy atom. The molecule has 2 rings (SSSR count). The zero-order valence-corrected chi connectivity index (χ0v) is 10.9. The maximum Gasteiger partial charge on any atom is 0.371 e. The molecule has 0 radical (unpaired) electrons. The summed E-state index contributed by atoms with van der Waals surface area (Å²) in [6.07, 6.45) is 0. The van der Waals surface area contributed by atoms with Gasteiger partial charge in [-0.2, -0.15) is 0 Å². The Labute approximate surface area is 117 Å². The van der Waals surface area contributed by atoms with Crippen LogP contribution in [-0.4, -0.2) is 26.5 Å². The Hall–Kier alpha value is -3.10. The number of carbonyl (C=O) groups excluding carboxylic acids is 1. The van der Waals surface area contributed by atoms with E-state index in [9.17, 15) is 19.7 Å². The van der Waals surface area contributed by atoms with Crippen molar-refractivity contribution in [1.82, 2.24) is 9.88 Å². The van der Waals surface area contributed by atoms with Crippen LogP contribution in [0.25, 0.3) is 0 Å². The monoisotopic (exact) mass is 293 g/mol. The third kappa shape index (κ3) is 2.91. The van der Waals surface area contributed by atoms with Gasteiger partial charge in [-0.25, -0.2) is 9.36 Å². The van der Waals surface area contributed by atoms with E-state index in [1.807, 2.05) is 0 Å². The van der Waals surface area contributed by atoms with Crippen molar-refractivity contribution < 1.29 is 24.0 Å². The molecule has 0 fully saturated rings. The van der Waals surface area contributed by atoms with Crippen LogP contribution >= 0.6 is 0 Å². The molecule has 0 aliphatic rings. The van der Waals surface area contributed by atoms with Crippen LogP contribution in [0, 0.1) is 10.1 Å². The van der Waals surface area contributed by atoms with Crippen molar-refractivity contribution in [2.45, 2.75) is 6.54 Å². The molecule has 2 heterocycles. The lowest BCUT2D eigenvalue weighted by Crippen LogP contribution is -2.24. The molecule has 9 nitrogen and oxygen atoms in total. The van der Waals surface area contributed by atoms with Gasteiger partial charge in [0.1, 0.15) is 5.76 Å². The van der Waals surface area contributed by atoms with Crippen LogP contribution in [0.1, 0.15) is 26.8 Å². The number of amides is 1. The molecule has 2 aromatic rings. The van der Waals surface area contributed by atoms with Crippen LogP contribution in [-0.2, 0) is 13.6 Å². The first-order valence-corrected chi connectivity index (χ1v) is 5.80. The Balaban J connectivity index is 2.04. The SMILES string of the molecule is Cn1c(C(=O)NCc2ccc(C(=O)O)o2)ccc1[N+](=O)[O-]. The van der Waals surface area contributed by atoms with Crippen molar-refractivity contribution in [1.29, 1.82) is 0 Å². The number of nitro groups is 1. The molecule has 0 saturated carbocycles. The van der Waals surface area contributed by atoms with Gasteiger partial charge in [-0.05, 0) is 23.1 Å². The van der Waals surface area contributed by atoms with Gasteiger partial charge in [-0.1, -0.05) is 0 Å². The predicted molar refractivity (Wildman–Crippen MR) is 68.9 cm³/mol. The van der Waals surface area contributed by atoms with Gasteiger partial charge in [0.05, 0.1) is 13.6 Å². The average molecular weight is 293 g/mol. The largest absolute Gasteiger partial charge is 0.475 e. The number of carboxylic acids is 1. The van der Waals surface area contributed by atoms with E-state index in [1.165, 1.54) is 31.3 Å². The fourth-order valence-electron chi connectivity index (χ4n) is 1.76. The predicted octanol–water partition coefficient (Wildman–Crippen LogP) is 1.15. The Kier molecular flexibility index (Phi) is 3.74. The molecule has 0 aliphatic heterocycles. The minimum Gasteiger partial charge on any atom is -0.475 e. The van der Waals surface area contributed by atoms with E-state index in [-0.39, 0.29) is 29.6 Å². The number of furan rings is 1. The number of aromatic nitrogens is 1. The molecule has 0 saturated heterocycles. The van der Waals surface area contributed by atoms with E-state index in [4.69, 9.17) is 9.52 Å². The van der Waals surface area contributed by atoms with E-state index in [0.29, 0.717) is 0 Å². The second-order valence-corrected chi connectivity index (χ2v) is 4.15. The molecule has 2 N–H and O–H groups in total. The second-order valence-electron chi connectivity index (χ2n) is 4.15. The number of rotatable bonds is 5. The molecule has 0 bridgehead atoms. The first kappa shape index (κ1) is 14.3. The van der Waals surface area contributed by atoms with E-state index < -0.39 is 16.8 Å². The number of nitrogens with zero attached hydrogens (tertiary/aromatic N) is 2. The summed E-state index contributed by atoms with van der Waals surface area (Å²) in [5, 5.41) is 21.9. The molecule has 0 atom stereocenters. The van der Waals surface area contributed by atoms with Crippen molar-refractivity contribution in [2.24, 2.45) is 7.05 Å². The van der Waals surface area contributed by atoms with Crippen molar-refractivity contribution in [3.05, 3.63) is 51.6 Å². The Bertz CT molecular complexity index is 714. The number of hydrogen-bond acceptors (Lipinski definition) is 5. The van der Waals surface area contributed by atoms with Crippen LogP contribution in [0.15, 0.2) is 28.7 Å². The fraction of sp³-hybridized carbons (Fsp3) is 0.167. The van der Waals surface area contributed by atoms with E-state index in [1.54, 1.807) is 0 Å². The highest BCUT2D eigenvalue weighted by molar-refractivity contribution is 5.93. The third-order valence-corrected chi connectivity index (χ3v) is 2.81. The number of nitrogens with one attached hydrogen (secondary N) is 1. The van der Waals surface area contributed by atoms with E-state index >= 15 is 0 Å². The van der Waals surface area contributed by atoms with Crippen molar-refractivity contribution in [2.75, 3.05) is 0 Å². The molecule has 0 unspecified atom stereocenters. The quantitative estimate of drug-likeness (QED) is 0.628. The topological polar surface area (TPSA) is 128 Å². The maximum atomic E-state index is 11.9. The summed E-state index contributed by atoms with van der Waals surface area (Å²) >= 11 is 0. The lowest BCUT2D eigenvalue weighted by Gasteiger charge is -2.02. The van der Waals surface area contributed by atoms with Gasteiger partial charge in [-0.3, -0.25) is 4.79 Å². The molecule has 110 valence electrons. The lowest BCUT2D eigenvalue weighted by atomic mass is 10.3. The second kappa shape index (κ2) is 5.49. The fourth-order valence-corrected chi connectivity index (χ4v) is 1.76. The molecular formula is C12H11N3O6. The minimum atomic E-state index is -1.20. The highest BCUT2D eigenvalue weighted by atomic mass is 16.6. The smallest absolute Gasteiger partial charge is 0.371 e. The molecule has 0 spiro atoms. The molecule has 2 aromatic heterocycles. The zero-order chi connectivity index (χ0) is 15.6. The first-order chi connectivity index (χ1) is 9.90. The Morgan fingerprint density at radius 1 is 1.38 bits per heavy atom. The van der Waals surface area contributed by atoms with E-state index in [0.717, 1.165) is 4.57 Å². The molecule has 0 aliphatic carbocycles. The Morgan fingerprint density at radius 3 is 2.62 bits per heavy atom. The van der Waals surface area contributed by atoms with E-state index in [2.05, 4.69) is 5.32 Å². The number of aromatic carboxylic acids is 1. The van der Waals surface area contributed by atoms with Gasteiger partial charge >= 0.3 is 11.8 Å². The molecule has 21 heavy (non-hydrogen) atoms. The van der Waals surface area contributed by atoms with Crippen molar-refractivity contribution >= 4 is 17.7 Å². The van der Waals surface area contributed by atoms with Gasteiger partial charge in [0, 0.05) is 6.07 Å². The molecule has 9 heteroatoms. The number of hydrogen-bond donors (Lipinski definition) is 2. The van der Waals surface area contributed by atoms with Crippen LogP contribution < -0.4 is 5.32 Å². The zero-order valence-electron chi connectivity index (χ0n) is 10.9. The summed E-state index contributed by atoms with van der Waals surface area (Å²) in [7, 11) is 1.41. The van der Waals surface area contributed by atoms with Gasteiger partial charge in [0.25, 0.3) is 5.91 Å². The molecular weight excluding hydrogens is 282 g/mol. The normalized spacial score (nSPS) is 10.3. The standard InChI is InChI=1S/C12H11N3O6/c1-14-8(3-5-10(14)15(19)20)11(16)13-6-7-2-4-9(21-7)12(17)18/h2-5H,6H2,1H3,(H,13,16)(H,17,18). The van der Waals surface area contributed by atoms with Crippen LogP contribution in [0.4, 0.5) is 5.82 Å². The summed E-state index contributed by atoms with van der Waals surface area (Å²) in [5.41, 5.74) is 0.117. The third-order valence-electron chi connectivity index (χ3n) is 2.81. The highest BCUT2D eigenvalue weighted by Crippen LogP contribution is 2.15. The summed E-state index contributed by atoms with van der Waals surface area (Å²) < 4.78 is 6.13.